The molecule has 2 nitrogen and oxygen atoms in total. The Labute approximate surface area is 88.3 Å². The van der Waals surface area contributed by atoms with Crippen molar-refractivity contribution in [1.29, 1.82) is 0 Å². The van der Waals surface area contributed by atoms with Gasteiger partial charge in [-0.1, -0.05) is 40.0 Å². The van der Waals surface area contributed by atoms with Gasteiger partial charge in [0, 0.05) is 13.1 Å². The van der Waals surface area contributed by atoms with Gasteiger partial charge < -0.3 is 5.11 Å². The van der Waals surface area contributed by atoms with E-state index >= 15 is 0 Å². The maximum absolute atomic E-state index is 10.0. The summed E-state index contributed by atoms with van der Waals surface area (Å²) in [6.45, 7) is 9.40. The normalized spacial score (nSPS) is 21.2. The van der Waals surface area contributed by atoms with Crippen LogP contribution in [0, 0.1) is 5.92 Å². The van der Waals surface area contributed by atoms with Crippen molar-refractivity contribution in [3.8, 4) is 0 Å². The van der Waals surface area contributed by atoms with E-state index in [0.717, 1.165) is 13.1 Å². The third-order valence-electron chi connectivity index (χ3n) is 3.40. The molecule has 0 amide bonds. The van der Waals surface area contributed by atoms with Crippen LogP contribution in [0.3, 0.4) is 0 Å². The van der Waals surface area contributed by atoms with Gasteiger partial charge in [-0.25, -0.2) is 0 Å². The van der Waals surface area contributed by atoms with Crippen LogP contribution in [0.4, 0.5) is 0 Å². The minimum Gasteiger partial charge on any atom is -0.387 e. The fourth-order valence-corrected chi connectivity index (χ4v) is 2.01. The Morgan fingerprint density at radius 2 is 1.86 bits per heavy atom. The molecule has 0 aromatic carbocycles. The van der Waals surface area contributed by atoms with Crippen molar-refractivity contribution in [2.75, 3.05) is 19.6 Å². The summed E-state index contributed by atoms with van der Waals surface area (Å²) in [4.78, 5) is 2.37. The fraction of sp³-hybridized carbons (Fsp3) is 1.00. The lowest BCUT2D eigenvalue weighted by atomic mass is 9.83. The van der Waals surface area contributed by atoms with E-state index in [1.54, 1.807) is 0 Å². The maximum atomic E-state index is 10.0. The molecular weight excluding hydrogens is 174 g/mol. The Hall–Kier alpha value is -0.0800. The molecule has 0 radical (unpaired) electrons. The maximum Gasteiger partial charge on any atom is 0.0922 e. The highest BCUT2D eigenvalue weighted by molar-refractivity contribution is 4.97. The zero-order valence-corrected chi connectivity index (χ0v) is 9.92. The highest BCUT2D eigenvalue weighted by Gasteiger charge is 2.42. The second kappa shape index (κ2) is 5.13. The predicted molar refractivity (Wildman–Crippen MR) is 60.4 cm³/mol. The Balaban J connectivity index is 2.04. The molecule has 14 heavy (non-hydrogen) atoms. The molecule has 1 saturated heterocycles. The van der Waals surface area contributed by atoms with Crippen LogP contribution < -0.4 is 0 Å². The van der Waals surface area contributed by atoms with Crippen LogP contribution >= 0.6 is 0 Å². The first-order valence-corrected chi connectivity index (χ1v) is 6.03. The van der Waals surface area contributed by atoms with Gasteiger partial charge in [0.05, 0.1) is 5.60 Å². The summed E-state index contributed by atoms with van der Waals surface area (Å²) in [6, 6.07) is 0. The van der Waals surface area contributed by atoms with E-state index in [1.165, 1.54) is 32.2 Å². The minimum atomic E-state index is -0.384. The molecule has 84 valence electrons. The van der Waals surface area contributed by atoms with Crippen molar-refractivity contribution < 1.29 is 5.11 Å². The Morgan fingerprint density at radius 3 is 2.36 bits per heavy atom. The first-order valence-electron chi connectivity index (χ1n) is 6.03. The summed E-state index contributed by atoms with van der Waals surface area (Å²) in [5.41, 5.74) is -0.384. The second-order valence-electron chi connectivity index (χ2n) is 5.03. The molecular formula is C12H25NO. The number of hydrogen-bond acceptors (Lipinski definition) is 2. The second-order valence-corrected chi connectivity index (χ2v) is 5.03. The standard InChI is InChI=1S/C12H25NO/c1-4-5-6-7-8-13-9-12(14,10-13)11(2)3/h11,14H,4-10H2,1-3H3. The molecule has 0 spiro atoms. The van der Waals surface area contributed by atoms with Gasteiger partial charge in [0.25, 0.3) is 0 Å². The van der Waals surface area contributed by atoms with E-state index in [2.05, 4.69) is 25.7 Å². The van der Waals surface area contributed by atoms with Crippen molar-refractivity contribution >= 4 is 0 Å². The molecule has 0 saturated carbocycles. The molecule has 0 aromatic heterocycles. The van der Waals surface area contributed by atoms with Gasteiger partial charge in [-0.05, 0) is 18.9 Å². The fourth-order valence-electron chi connectivity index (χ4n) is 2.01. The summed E-state index contributed by atoms with van der Waals surface area (Å²) < 4.78 is 0. The van der Waals surface area contributed by atoms with E-state index in [1.807, 2.05) is 0 Å². The van der Waals surface area contributed by atoms with Crippen molar-refractivity contribution in [3.05, 3.63) is 0 Å². The third kappa shape index (κ3) is 2.96. The van der Waals surface area contributed by atoms with Crippen LogP contribution in [0.2, 0.25) is 0 Å². The number of β-amino-alcohol motifs (C(OH)–C–C–N with tert-alkyl or cyclic N) is 1. The molecule has 0 aromatic rings. The van der Waals surface area contributed by atoms with Crippen molar-refractivity contribution in [2.24, 2.45) is 5.92 Å². The molecule has 0 unspecified atom stereocenters. The predicted octanol–water partition coefficient (Wildman–Crippen LogP) is 2.27. The smallest absolute Gasteiger partial charge is 0.0922 e. The Morgan fingerprint density at radius 1 is 1.21 bits per heavy atom. The van der Waals surface area contributed by atoms with Crippen molar-refractivity contribution in [2.45, 2.75) is 52.1 Å². The quantitative estimate of drug-likeness (QED) is 0.663. The zero-order valence-electron chi connectivity index (χ0n) is 9.92. The van der Waals surface area contributed by atoms with Crippen LogP contribution in [-0.4, -0.2) is 35.2 Å². The number of aliphatic hydroxyl groups is 1. The van der Waals surface area contributed by atoms with Crippen LogP contribution in [-0.2, 0) is 0 Å². The van der Waals surface area contributed by atoms with Crippen molar-refractivity contribution in [3.63, 3.8) is 0 Å². The molecule has 0 atom stereocenters. The van der Waals surface area contributed by atoms with E-state index in [4.69, 9.17) is 0 Å². The zero-order chi connectivity index (χ0) is 10.6. The lowest BCUT2D eigenvalue weighted by Gasteiger charge is -2.49. The SMILES string of the molecule is CCCCCCN1CC(O)(C(C)C)C1. The Bertz CT molecular complexity index is 162. The third-order valence-corrected chi connectivity index (χ3v) is 3.40. The van der Waals surface area contributed by atoms with Crippen LogP contribution in [0.1, 0.15) is 46.5 Å². The molecule has 1 aliphatic heterocycles. The van der Waals surface area contributed by atoms with Gasteiger partial charge in [-0.15, -0.1) is 0 Å². The molecule has 1 rings (SSSR count). The van der Waals surface area contributed by atoms with E-state index in [9.17, 15) is 5.11 Å². The molecule has 2 heteroatoms. The molecule has 1 heterocycles. The average Bonchev–Trinajstić information content (AvgIpc) is 2.08. The lowest BCUT2D eigenvalue weighted by Crippen LogP contribution is -2.64. The first-order chi connectivity index (χ1) is 6.58. The summed E-state index contributed by atoms with van der Waals surface area (Å²) in [5.74, 6) is 0.398. The molecule has 1 fully saturated rings. The van der Waals surface area contributed by atoms with Crippen LogP contribution in [0.15, 0.2) is 0 Å². The molecule has 0 bridgehead atoms. The van der Waals surface area contributed by atoms with Gasteiger partial charge in [0.2, 0.25) is 0 Å². The number of nitrogens with zero attached hydrogens (tertiary/aromatic N) is 1. The van der Waals surface area contributed by atoms with Gasteiger partial charge >= 0.3 is 0 Å². The summed E-state index contributed by atoms with van der Waals surface area (Å²) in [5, 5.41) is 10.0. The van der Waals surface area contributed by atoms with Crippen LogP contribution in [0.25, 0.3) is 0 Å². The van der Waals surface area contributed by atoms with Gasteiger partial charge in [0.1, 0.15) is 0 Å². The highest BCUT2D eigenvalue weighted by atomic mass is 16.3. The topological polar surface area (TPSA) is 23.5 Å². The number of rotatable bonds is 6. The Kier molecular flexibility index (Phi) is 4.39. The van der Waals surface area contributed by atoms with E-state index in [-0.39, 0.29) is 5.60 Å². The van der Waals surface area contributed by atoms with Crippen molar-refractivity contribution in [1.82, 2.24) is 4.90 Å². The largest absolute Gasteiger partial charge is 0.387 e. The van der Waals surface area contributed by atoms with E-state index in [0.29, 0.717) is 5.92 Å². The first kappa shape index (κ1) is 12.0. The number of likely N-dealkylation sites (tertiary alicyclic amines) is 1. The number of hydrogen-bond donors (Lipinski definition) is 1. The summed E-state index contributed by atoms with van der Waals surface area (Å²) >= 11 is 0. The summed E-state index contributed by atoms with van der Waals surface area (Å²) in [6.07, 6.45) is 5.29. The van der Waals surface area contributed by atoms with Gasteiger partial charge in [-0.2, -0.15) is 0 Å². The van der Waals surface area contributed by atoms with Gasteiger partial charge in [-0.3, -0.25) is 4.90 Å². The van der Waals surface area contributed by atoms with Crippen LogP contribution in [0.5, 0.6) is 0 Å². The molecule has 1 N–H and O–H groups in total. The summed E-state index contributed by atoms with van der Waals surface area (Å²) in [7, 11) is 0. The average molecular weight is 199 g/mol. The molecule has 1 aliphatic rings. The molecule has 0 aliphatic carbocycles. The minimum absolute atomic E-state index is 0.384. The lowest BCUT2D eigenvalue weighted by molar-refractivity contribution is -0.127. The monoisotopic (exact) mass is 199 g/mol. The van der Waals surface area contributed by atoms with Gasteiger partial charge in [0.15, 0.2) is 0 Å². The number of unbranched alkanes of at least 4 members (excludes halogenated alkanes) is 3. The van der Waals surface area contributed by atoms with E-state index < -0.39 is 0 Å². The highest BCUT2D eigenvalue weighted by Crippen LogP contribution is 2.28.